The van der Waals surface area contributed by atoms with Crippen LogP contribution in [0.1, 0.15) is 271 Å². The Balaban J connectivity index is -0.000000111. The monoisotopic (exact) mass is 2050 g/mol. The molecular formula is C82H166O11Sn6. The molecule has 4 N–H and O–H groups in total. The molecule has 4 aromatic rings. The van der Waals surface area contributed by atoms with E-state index in [1.165, 1.54) is 200 Å². The van der Waals surface area contributed by atoms with Gasteiger partial charge in [0.1, 0.15) is 0 Å². The molecule has 584 valence electrons. The minimum Gasteiger partial charge on any atom is -0.412 e. The first-order valence-electron chi connectivity index (χ1n) is 38.7. The molecule has 0 saturated heterocycles. The molecule has 0 saturated carbocycles. The molecule has 0 aromatic heterocycles. The zero-order valence-corrected chi connectivity index (χ0v) is 86.3. The number of unbranched alkanes of at least 4 members (excludes halogenated alkanes) is 16. The van der Waals surface area contributed by atoms with Gasteiger partial charge in [0.25, 0.3) is 0 Å². The fourth-order valence-corrected chi connectivity index (χ4v) is 37.6. The molecule has 0 unspecified atom stereocenters. The SMILES string of the molecule is CC.CC.CCCCCCCCCC.CCC[CH2][Sn]([CH2]CCC)[O]C.CCC[CH2][Sn]([CH2]CCC)[O]c1ccccc1.CCC[CH2][Sn]([O]C)([O]C)[O]C.CCC[CH2][Sn][CH2]CCC.CCC[CH2][Sn][CH2]CCC.C[O][Sn]([O]C)([O]C)[O]C.O.O.c1ccccc1.c1ccccc1.c1ccccc1. The third kappa shape index (κ3) is 105. The molecule has 0 aliphatic heterocycles. The van der Waals surface area contributed by atoms with E-state index in [9.17, 15) is 0 Å². The van der Waals surface area contributed by atoms with Crippen molar-refractivity contribution in [2.24, 2.45) is 0 Å². The van der Waals surface area contributed by atoms with Crippen molar-refractivity contribution in [2.45, 2.75) is 311 Å². The van der Waals surface area contributed by atoms with Gasteiger partial charge < -0.3 is 11.0 Å². The molecule has 0 atom stereocenters. The maximum Gasteiger partial charge on any atom is -0.0623 e. The van der Waals surface area contributed by atoms with Gasteiger partial charge in [-0.25, -0.2) is 0 Å². The van der Waals surface area contributed by atoms with Gasteiger partial charge >= 0.3 is 461 Å². The summed E-state index contributed by atoms with van der Waals surface area (Å²) >= 11 is -8.91. The molecule has 0 aliphatic rings. The predicted molar refractivity (Wildman–Crippen MR) is 453 cm³/mol. The quantitative estimate of drug-likeness (QED) is 0.0312. The Kier molecular flexibility index (Phi) is 140. The summed E-state index contributed by atoms with van der Waals surface area (Å²) in [5.74, 6) is 1.10. The number of benzene rings is 4. The molecule has 11 nitrogen and oxygen atoms in total. The normalized spacial score (nSPS) is 9.79. The molecule has 0 spiro atoms. The predicted octanol–water partition coefficient (Wildman–Crippen LogP) is 25.4. The van der Waals surface area contributed by atoms with Crippen LogP contribution in [0.25, 0.3) is 0 Å². The van der Waals surface area contributed by atoms with Gasteiger partial charge in [0.2, 0.25) is 0 Å². The summed E-state index contributed by atoms with van der Waals surface area (Å²) in [5, 5.41) is 0. The molecule has 0 aliphatic carbocycles. The molecule has 6 radical (unpaired) electrons. The Morgan fingerprint density at radius 3 is 0.697 bits per heavy atom. The van der Waals surface area contributed by atoms with Crippen LogP contribution in [0.3, 0.4) is 0 Å². The number of hydrogen-bond acceptors (Lipinski definition) is 9. The zero-order chi connectivity index (χ0) is 74.5. The van der Waals surface area contributed by atoms with Gasteiger partial charge in [-0.15, -0.1) is 0 Å². The first-order chi connectivity index (χ1) is 47.4. The van der Waals surface area contributed by atoms with Gasteiger partial charge in [-0.2, -0.15) is 0 Å². The molecule has 4 rings (SSSR count). The fraction of sp³-hybridized carbons (Fsp3) is 0.707. The van der Waals surface area contributed by atoms with Crippen LogP contribution in [-0.4, -0.2) is 190 Å². The minimum absolute atomic E-state index is 0. The maximum atomic E-state index is 6.22. The molecule has 0 amide bonds. The largest absolute Gasteiger partial charge is 0.412 e. The molecule has 99 heavy (non-hydrogen) atoms. The Morgan fingerprint density at radius 1 is 0.273 bits per heavy atom. The van der Waals surface area contributed by atoms with Crippen molar-refractivity contribution in [2.75, 3.05) is 56.9 Å². The number of hydrogen-bond donors (Lipinski definition) is 0. The zero-order valence-electron chi connectivity index (χ0n) is 69.2. The summed E-state index contributed by atoms with van der Waals surface area (Å²) < 4.78 is 60.5. The average molecular weight is 2040 g/mol. The molecular weight excluding hydrogens is 1870 g/mol. The molecule has 0 bridgehead atoms. The third-order valence-electron chi connectivity index (χ3n) is 14.1. The number of rotatable bonds is 44. The first kappa shape index (κ1) is 121. The van der Waals surface area contributed by atoms with Crippen LogP contribution in [0.5, 0.6) is 5.75 Å². The van der Waals surface area contributed by atoms with E-state index in [0.717, 1.165) is 23.0 Å². The Labute approximate surface area is 666 Å². The summed E-state index contributed by atoms with van der Waals surface area (Å²) in [6.45, 7) is 32.9. The van der Waals surface area contributed by atoms with E-state index >= 15 is 0 Å². The first-order valence-corrected chi connectivity index (χ1v) is 67.3. The minimum atomic E-state index is -3.39. The van der Waals surface area contributed by atoms with Crippen molar-refractivity contribution in [3.05, 3.63) is 140 Å². The standard InChI is InChI=1S/C10H22.C6H6O.3C6H6.9C4H9.2C2H6.8CH3O.2H2O.6Sn/c1-3-5-7-9-10-8-6-4-2;7-6-4-2-1-3-5-6;3*1-2-4-6-5-3-1;9*1-3-4-2;10*1-2;;;;;;;;/h3-10H2,1-2H3;1-5,7H;3*1-6H;9*1,3-4H2,2H3;2*1-2H3;8*1H3;2*1H2;;;;;;/q;;;;;;;;;;;;;;;;8*-1;;;;;2*+1;+3;+4/p-1. The van der Waals surface area contributed by atoms with E-state index in [1.54, 1.807) is 39.1 Å². The summed E-state index contributed by atoms with van der Waals surface area (Å²) in [6.07, 6.45) is 36.2. The summed E-state index contributed by atoms with van der Waals surface area (Å²) in [6, 6.07) is 46.4. The fourth-order valence-electron chi connectivity index (χ4n) is 7.98. The van der Waals surface area contributed by atoms with E-state index in [4.69, 9.17) is 27.7 Å². The van der Waals surface area contributed by atoms with Crippen molar-refractivity contribution >= 4 is 122 Å². The van der Waals surface area contributed by atoms with Crippen LogP contribution in [0.4, 0.5) is 0 Å². The Morgan fingerprint density at radius 2 is 0.495 bits per heavy atom. The van der Waals surface area contributed by atoms with Crippen LogP contribution >= 0.6 is 0 Å². The van der Waals surface area contributed by atoms with E-state index in [0.29, 0.717) is 0 Å². The van der Waals surface area contributed by atoms with Crippen LogP contribution in [0, 0.1) is 0 Å². The second-order valence-electron chi connectivity index (χ2n) is 22.3. The van der Waals surface area contributed by atoms with Crippen LogP contribution in [0.15, 0.2) is 140 Å². The van der Waals surface area contributed by atoms with Gasteiger partial charge in [0, 0.05) is 0 Å². The summed E-state index contributed by atoms with van der Waals surface area (Å²) in [7, 11) is 13.0. The molecule has 0 fully saturated rings. The Hall–Kier alpha value is 1.07. The van der Waals surface area contributed by atoms with Crippen molar-refractivity contribution in [3.63, 3.8) is 0 Å². The molecule has 4 aromatic carbocycles. The van der Waals surface area contributed by atoms with Crippen molar-refractivity contribution < 1.29 is 38.6 Å². The second kappa shape index (κ2) is 115. The molecule has 17 heteroatoms. The van der Waals surface area contributed by atoms with Gasteiger partial charge in [-0.3, -0.25) is 0 Å². The van der Waals surface area contributed by atoms with Crippen LogP contribution < -0.4 is 3.07 Å². The topological polar surface area (TPSA) is 146 Å². The average Bonchev–Trinajstić information content (AvgIpc) is 1.17. The van der Waals surface area contributed by atoms with Crippen LogP contribution in [0.2, 0.25) is 39.9 Å². The van der Waals surface area contributed by atoms with E-state index in [2.05, 4.69) is 100 Å². The van der Waals surface area contributed by atoms with Crippen molar-refractivity contribution in [1.29, 1.82) is 0 Å². The van der Waals surface area contributed by atoms with Crippen molar-refractivity contribution in [3.8, 4) is 5.75 Å². The van der Waals surface area contributed by atoms with Gasteiger partial charge in [0.05, 0.1) is 0 Å². The van der Waals surface area contributed by atoms with Gasteiger partial charge in [-0.1, -0.05) is 202 Å². The maximum absolute atomic E-state index is 6.22. The van der Waals surface area contributed by atoms with Gasteiger partial charge in [-0.05, 0) is 0 Å². The summed E-state index contributed by atoms with van der Waals surface area (Å²) in [4.78, 5) is 0. The van der Waals surface area contributed by atoms with Crippen molar-refractivity contribution in [1.82, 2.24) is 0 Å². The smallest absolute Gasteiger partial charge is 0.0623 e. The summed E-state index contributed by atoms with van der Waals surface area (Å²) in [5.41, 5.74) is 0. The van der Waals surface area contributed by atoms with Crippen LogP contribution in [-0.2, 0) is 24.6 Å². The van der Waals surface area contributed by atoms with E-state index in [-0.39, 0.29) is 53.2 Å². The van der Waals surface area contributed by atoms with E-state index in [1.807, 2.05) is 150 Å². The number of para-hydroxylation sites is 1. The molecule has 0 heterocycles. The Bertz CT molecular complexity index is 1560. The van der Waals surface area contributed by atoms with Gasteiger partial charge in [0.15, 0.2) is 0 Å². The van der Waals surface area contributed by atoms with E-state index < -0.39 is 80.0 Å². The second-order valence-corrected chi connectivity index (χ2v) is 60.8. The third-order valence-corrected chi connectivity index (χ3v) is 49.5.